The number of aromatic nitrogens is 2. The number of hydrogen-bond acceptors (Lipinski definition) is 3. The molecule has 0 atom stereocenters. The Bertz CT molecular complexity index is 866. The molecule has 0 saturated carbocycles. The number of benzene rings is 1. The summed E-state index contributed by atoms with van der Waals surface area (Å²) in [5, 5.41) is 8.28. The van der Waals surface area contributed by atoms with Gasteiger partial charge in [0.1, 0.15) is 5.82 Å². The Labute approximate surface area is 184 Å². The number of carbonyl (C=O) groups excluding carboxylic acids is 2. The number of nitrogens with zero attached hydrogens (tertiary/aromatic N) is 3. The maximum Gasteiger partial charge on any atom is 0.245 e. The highest BCUT2D eigenvalue weighted by molar-refractivity contribution is 6.30. The van der Waals surface area contributed by atoms with Gasteiger partial charge in [-0.15, -0.1) is 0 Å². The fraction of sp³-hybridized carbons (Fsp3) is 0.522. The summed E-state index contributed by atoms with van der Waals surface area (Å²) in [6.45, 7) is 12.8. The lowest BCUT2D eigenvalue weighted by Gasteiger charge is -2.22. The van der Waals surface area contributed by atoms with Crippen molar-refractivity contribution in [1.82, 2.24) is 14.7 Å². The van der Waals surface area contributed by atoms with E-state index in [4.69, 9.17) is 16.7 Å². The summed E-state index contributed by atoms with van der Waals surface area (Å²) in [5.41, 5.74) is 1.47. The third kappa shape index (κ3) is 6.59. The van der Waals surface area contributed by atoms with E-state index in [1.165, 1.54) is 0 Å². The summed E-state index contributed by atoms with van der Waals surface area (Å²) in [6, 6.07) is 9.16. The van der Waals surface area contributed by atoms with Gasteiger partial charge in [-0.25, -0.2) is 4.68 Å². The summed E-state index contributed by atoms with van der Waals surface area (Å²) in [6.07, 6.45) is 1.23. The highest BCUT2D eigenvalue weighted by atomic mass is 35.5. The predicted octanol–water partition coefficient (Wildman–Crippen LogP) is 5.05. The van der Waals surface area contributed by atoms with Crippen LogP contribution >= 0.6 is 11.6 Å². The second-order valence-electron chi connectivity index (χ2n) is 9.01. The van der Waals surface area contributed by atoms with Crippen LogP contribution in [0.25, 0.3) is 5.69 Å². The molecule has 7 heteroatoms. The number of amides is 2. The first-order valence-electron chi connectivity index (χ1n) is 10.4. The smallest absolute Gasteiger partial charge is 0.245 e. The Morgan fingerprint density at radius 1 is 1.20 bits per heavy atom. The van der Waals surface area contributed by atoms with Gasteiger partial charge in [-0.2, -0.15) is 5.10 Å². The zero-order valence-electron chi connectivity index (χ0n) is 18.8. The van der Waals surface area contributed by atoms with E-state index < -0.39 is 0 Å². The van der Waals surface area contributed by atoms with Gasteiger partial charge >= 0.3 is 0 Å². The van der Waals surface area contributed by atoms with Gasteiger partial charge < -0.3 is 10.2 Å². The molecule has 0 spiro atoms. The molecule has 2 rings (SSSR count). The van der Waals surface area contributed by atoms with Gasteiger partial charge in [0.05, 0.1) is 17.9 Å². The Hall–Kier alpha value is -2.34. The first kappa shape index (κ1) is 23.9. The lowest BCUT2D eigenvalue weighted by atomic mass is 9.92. The molecule has 1 aromatic carbocycles. The van der Waals surface area contributed by atoms with E-state index in [1.807, 2.05) is 39.0 Å². The average molecular weight is 433 g/mol. The molecule has 0 unspecified atom stereocenters. The third-order valence-electron chi connectivity index (χ3n) is 4.58. The van der Waals surface area contributed by atoms with Gasteiger partial charge in [-0.1, -0.05) is 53.1 Å². The molecule has 0 bridgehead atoms. The standard InChI is InChI=1S/C23H33ClN4O2/c1-7-12-27(22(30)13-16(2)3)15-21(29)25-20-14-19(23(4,5)6)26-28(20)18-10-8-17(24)9-11-18/h8-11,14,16H,7,12-13,15H2,1-6H3,(H,25,29). The molecule has 1 aromatic heterocycles. The highest BCUT2D eigenvalue weighted by Crippen LogP contribution is 2.27. The molecule has 0 aliphatic carbocycles. The molecule has 0 fully saturated rings. The topological polar surface area (TPSA) is 67.2 Å². The zero-order chi connectivity index (χ0) is 22.5. The molecule has 30 heavy (non-hydrogen) atoms. The normalized spacial score (nSPS) is 11.6. The van der Waals surface area contributed by atoms with Crippen molar-refractivity contribution in [2.75, 3.05) is 18.4 Å². The van der Waals surface area contributed by atoms with Crippen LogP contribution in [0.2, 0.25) is 5.02 Å². The molecule has 1 heterocycles. The van der Waals surface area contributed by atoms with Crippen molar-refractivity contribution < 1.29 is 9.59 Å². The first-order chi connectivity index (χ1) is 14.0. The minimum atomic E-state index is -0.240. The minimum absolute atomic E-state index is 0.00332. The van der Waals surface area contributed by atoms with Gasteiger partial charge in [-0.3, -0.25) is 9.59 Å². The monoisotopic (exact) mass is 432 g/mol. The molecular weight excluding hydrogens is 400 g/mol. The SMILES string of the molecule is CCCN(CC(=O)Nc1cc(C(C)(C)C)nn1-c1ccc(Cl)cc1)C(=O)CC(C)C. The molecular formula is C23H33ClN4O2. The maximum atomic E-state index is 12.8. The van der Waals surface area contributed by atoms with Crippen LogP contribution in [-0.4, -0.2) is 39.6 Å². The van der Waals surface area contributed by atoms with Crippen LogP contribution in [-0.2, 0) is 15.0 Å². The summed E-state index contributed by atoms with van der Waals surface area (Å²) < 4.78 is 1.70. The fourth-order valence-electron chi connectivity index (χ4n) is 3.01. The van der Waals surface area contributed by atoms with Crippen molar-refractivity contribution >= 4 is 29.2 Å². The number of carbonyl (C=O) groups is 2. The van der Waals surface area contributed by atoms with Crippen LogP contribution in [0.4, 0.5) is 5.82 Å². The molecule has 0 saturated heterocycles. The fourth-order valence-corrected chi connectivity index (χ4v) is 3.14. The van der Waals surface area contributed by atoms with E-state index in [9.17, 15) is 9.59 Å². The highest BCUT2D eigenvalue weighted by Gasteiger charge is 2.23. The Kier molecular flexibility index (Phi) is 8.07. The predicted molar refractivity (Wildman–Crippen MR) is 122 cm³/mol. The van der Waals surface area contributed by atoms with Gasteiger partial charge in [0.25, 0.3) is 0 Å². The van der Waals surface area contributed by atoms with Gasteiger partial charge in [0, 0.05) is 29.5 Å². The summed E-state index contributed by atoms with van der Waals surface area (Å²) in [7, 11) is 0. The number of anilines is 1. The average Bonchev–Trinajstić information content (AvgIpc) is 3.05. The van der Waals surface area contributed by atoms with Crippen LogP contribution in [0.15, 0.2) is 30.3 Å². The summed E-state index contributed by atoms with van der Waals surface area (Å²) in [4.78, 5) is 26.9. The lowest BCUT2D eigenvalue weighted by molar-refractivity contribution is -0.135. The molecule has 0 aliphatic rings. The van der Waals surface area contributed by atoms with Crippen LogP contribution in [0, 0.1) is 5.92 Å². The largest absolute Gasteiger partial charge is 0.333 e. The van der Waals surface area contributed by atoms with Crippen LogP contribution < -0.4 is 5.32 Å². The van der Waals surface area contributed by atoms with Crippen molar-refractivity contribution in [3.8, 4) is 5.69 Å². The Morgan fingerprint density at radius 3 is 2.37 bits per heavy atom. The van der Waals surface area contributed by atoms with E-state index in [0.29, 0.717) is 23.8 Å². The molecule has 2 aromatic rings. The van der Waals surface area contributed by atoms with Crippen molar-refractivity contribution in [3.05, 3.63) is 41.0 Å². The van der Waals surface area contributed by atoms with Gasteiger partial charge in [0.15, 0.2) is 0 Å². The Morgan fingerprint density at radius 2 is 1.83 bits per heavy atom. The number of hydrogen-bond donors (Lipinski definition) is 1. The van der Waals surface area contributed by atoms with Crippen LogP contribution in [0.5, 0.6) is 0 Å². The van der Waals surface area contributed by atoms with E-state index in [2.05, 4.69) is 26.1 Å². The van der Waals surface area contributed by atoms with Crippen molar-refractivity contribution in [2.45, 2.75) is 59.8 Å². The van der Waals surface area contributed by atoms with Crippen molar-refractivity contribution in [1.29, 1.82) is 0 Å². The van der Waals surface area contributed by atoms with E-state index >= 15 is 0 Å². The number of halogens is 1. The van der Waals surface area contributed by atoms with Gasteiger partial charge in [0.2, 0.25) is 11.8 Å². The number of rotatable bonds is 8. The third-order valence-corrected chi connectivity index (χ3v) is 4.83. The lowest BCUT2D eigenvalue weighted by Crippen LogP contribution is -2.39. The van der Waals surface area contributed by atoms with Crippen LogP contribution in [0.1, 0.15) is 60.1 Å². The molecule has 1 N–H and O–H groups in total. The number of nitrogens with one attached hydrogen (secondary N) is 1. The van der Waals surface area contributed by atoms with E-state index in [-0.39, 0.29) is 29.7 Å². The van der Waals surface area contributed by atoms with Gasteiger partial charge in [-0.05, 0) is 36.6 Å². The second kappa shape index (κ2) is 10.1. The molecule has 2 amide bonds. The van der Waals surface area contributed by atoms with E-state index in [1.54, 1.807) is 21.7 Å². The minimum Gasteiger partial charge on any atom is -0.333 e. The quantitative estimate of drug-likeness (QED) is 0.634. The molecule has 6 nitrogen and oxygen atoms in total. The Balaban J connectivity index is 2.27. The zero-order valence-corrected chi connectivity index (χ0v) is 19.6. The maximum absolute atomic E-state index is 12.8. The van der Waals surface area contributed by atoms with E-state index in [0.717, 1.165) is 17.8 Å². The summed E-state index contributed by atoms with van der Waals surface area (Å²) in [5.74, 6) is 0.584. The van der Waals surface area contributed by atoms with Crippen LogP contribution in [0.3, 0.4) is 0 Å². The molecule has 164 valence electrons. The van der Waals surface area contributed by atoms with Crippen molar-refractivity contribution in [2.24, 2.45) is 5.92 Å². The first-order valence-corrected chi connectivity index (χ1v) is 10.8. The summed E-state index contributed by atoms with van der Waals surface area (Å²) >= 11 is 6.02. The second-order valence-corrected chi connectivity index (χ2v) is 9.45. The van der Waals surface area contributed by atoms with Crippen molar-refractivity contribution in [3.63, 3.8) is 0 Å². The molecule has 0 aliphatic heterocycles. The molecule has 0 radical (unpaired) electrons.